The smallest absolute Gasteiger partial charge is 0.251 e. The summed E-state index contributed by atoms with van der Waals surface area (Å²) in [5.74, 6) is 1.99. The second-order valence-corrected chi connectivity index (χ2v) is 4.84. The van der Waals surface area contributed by atoms with Crippen molar-refractivity contribution in [1.29, 1.82) is 0 Å². The van der Waals surface area contributed by atoms with Gasteiger partial charge in [-0.2, -0.15) is 0 Å². The Morgan fingerprint density at radius 3 is 2.08 bits per heavy atom. The number of hydrogen-bond acceptors (Lipinski definition) is 7. The molecule has 7 nitrogen and oxygen atoms in total. The first-order chi connectivity index (χ1) is 11.7. The van der Waals surface area contributed by atoms with Crippen LogP contribution in [0.15, 0.2) is 40.8 Å². The van der Waals surface area contributed by atoms with Crippen molar-refractivity contribution in [3.8, 4) is 45.9 Å². The van der Waals surface area contributed by atoms with Crippen molar-refractivity contribution in [1.82, 2.24) is 10.2 Å². The first kappa shape index (κ1) is 15.7. The Balaban J connectivity index is 2.06. The van der Waals surface area contributed by atoms with Crippen LogP contribution in [0.1, 0.15) is 0 Å². The van der Waals surface area contributed by atoms with Crippen LogP contribution in [-0.4, -0.2) is 36.6 Å². The molecule has 1 N–H and O–H groups in total. The topological polar surface area (TPSA) is 86.8 Å². The Kier molecular flexibility index (Phi) is 4.24. The van der Waals surface area contributed by atoms with Gasteiger partial charge in [-0.25, -0.2) is 0 Å². The summed E-state index contributed by atoms with van der Waals surface area (Å²) in [6.07, 6.45) is 0. The normalized spacial score (nSPS) is 10.5. The van der Waals surface area contributed by atoms with Gasteiger partial charge in [0.05, 0.1) is 26.9 Å². The number of nitrogens with zero attached hydrogens (tertiary/aromatic N) is 2. The molecule has 0 saturated carbocycles. The van der Waals surface area contributed by atoms with Crippen LogP contribution in [0.2, 0.25) is 0 Å². The molecular weight excluding hydrogens is 312 g/mol. The summed E-state index contributed by atoms with van der Waals surface area (Å²) in [4.78, 5) is 0. The third-order valence-electron chi connectivity index (χ3n) is 3.47. The number of hydrogen-bond donors (Lipinski definition) is 1. The van der Waals surface area contributed by atoms with Gasteiger partial charge in [0.2, 0.25) is 11.6 Å². The van der Waals surface area contributed by atoms with Gasteiger partial charge in [-0.3, -0.25) is 0 Å². The Hall–Kier alpha value is -3.22. The van der Waals surface area contributed by atoms with Gasteiger partial charge >= 0.3 is 0 Å². The van der Waals surface area contributed by atoms with Crippen molar-refractivity contribution in [2.75, 3.05) is 21.3 Å². The third kappa shape index (κ3) is 2.71. The average molecular weight is 328 g/mol. The Bertz CT molecular complexity index is 835. The molecule has 1 aromatic heterocycles. The highest BCUT2D eigenvalue weighted by molar-refractivity contribution is 5.67. The second kappa shape index (κ2) is 6.49. The van der Waals surface area contributed by atoms with Crippen LogP contribution < -0.4 is 14.2 Å². The predicted octanol–water partition coefficient (Wildman–Crippen LogP) is 3.14. The minimum Gasteiger partial charge on any atom is -0.507 e. The van der Waals surface area contributed by atoms with Gasteiger partial charge < -0.3 is 23.7 Å². The second-order valence-electron chi connectivity index (χ2n) is 4.84. The lowest BCUT2D eigenvalue weighted by Gasteiger charge is -2.12. The monoisotopic (exact) mass is 328 g/mol. The number of phenols is 1. The van der Waals surface area contributed by atoms with E-state index in [1.54, 1.807) is 36.4 Å². The van der Waals surface area contributed by atoms with Crippen LogP contribution in [0, 0.1) is 0 Å². The molecule has 0 saturated heterocycles. The van der Waals surface area contributed by atoms with Gasteiger partial charge in [-0.05, 0) is 24.3 Å². The standard InChI is InChI=1S/C17H16N2O5/c1-21-13-8-10(9-14(22-2)15(13)23-3)16-18-19-17(24-16)11-6-4-5-7-12(11)20/h4-9,20H,1-3H3. The zero-order valence-corrected chi connectivity index (χ0v) is 13.4. The molecule has 24 heavy (non-hydrogen) atoms. The van der Waals surface area contributed by atoms with Crippen LogP contribution in [0.4, 0.5) is 0 Å². The van der Waals surface area contributed by atoms with E-state index < -0.39 is 0 Å². The summed E-state index contributed by atoms with van der Waals surface area (Å²) in [6, 6.07) is 10.2. The molecule has 3 rings (SSSR count). The number of rotatable bonds is 5. The van der Waals surface area contributed by atoms with Crippen molar-refractivity contribution < 1.29 is 23.7 Å². The van der Waals surface area contributed by atoms with Crippen molar-refractivity contribution in [3.63, 3.8) is 0 Å². The predicted molar refractivity (Wildman–Crippen MR) is 86.5 cm³/mol. The SMILES string of the molecule is COc1cc(-c2nnc(-c3ccccc3O)o2)cc(OC)c1OC. The summed E-state index contributed by atoms with van der Waals surface area (Å²) in [6.45, 7) is 0. The van der Waals surface area contributed by atoms with Gasteiger partial charge in [0, 0.05) is 5.56 Å². The number of benzene rings is 2. The number of para-hydroxylation sites is 1. The molecule has 0 unspecified atom stereocenters. The van der Waals surface area contributed by atoms with Crippen LogP contribution in [-0.2, 0) is 0 Å². The summed E-state index contributed by atoms with van der Waals surface area (Å²) in [5, 5.41) is 17.9. The van der Waals surface area contributed by atoms with E-state index in [-0.39, 0.29) is 17.5 Å². The van der Waals surface area contributed by atoms with E-state index in [0.717, 1.165) is 0 Å². The molecule has 0 amide bonds. The van der Waals surface area contributed by atoms with E-state index in [4.69, 9.17) is 18.6 Å². The van der Waals surface area contributed by atoms with E-state index in [2.05, 4.69) is 10.2 Å². The molecule has 7 heteroatoms. The largest absolute Gasteiger partial charge is 0.507 e. The maximum Gasteiger partial charge on any atom is 0.251 e. The van der Waals surface area contributed by atoms with Crippen LogP contribution in [0.3, 0.4) is 0 Å². The molecule has 0 aliphatic heterocycles. The lowest BCUT2D eigenvalue weighted by atomic mass is 10.2. The Morgan fingerprint density at radius 1 is 0.875 bits per heavy atom. The zero-order chi connectivity index (χ0) is 17.1. The van der Waals surface area contributed by atoms with Crippen LogP contribution in [0.25, 0.3) is 22.9 Å². The molecule has 0 bridgehead atoms. The van der Waals surface area contributed by atoms with E-state index in [1.807, 2.05) is 0 Å². The summed E-state index contributed by atoms with van der Waals surface area (Å²) >= 11 is 0. The zero-order valence-electron chi connectivity index (χ0n) is 13.4. The molecule has 0 aliphatic rings. The molecule has 0 radical (unpaired) electrons. The first-order valence-corrected chi connectivity index (χ1v) is 7.10. The lowest BCUT2D eigenvalue weighted by Crippen LogP contribution is -1.95. The average Bonchev–Trinajstić information content (AvgIpc) is 3.10. The van der Waals surface area contributed by atoms with Crippen LogP contribution >= 0.6 is 0 Å². The van der Waals surface area contributed by atoms with Gasteiger partial charge in [-0.15, -0.1) is 10.2 Å². The fourth-order valence-corrected chi connectivity index (χ4v) is 2.31. The molecule has 2 aromatic carbocycles. The molecule has 0 spiro atoms. The minimum absolute atomic E-state index is 0.0672. The maximum atomic E-state index is 9.89. The molecule has 124 valence electrons. The van der Waals surface area contributed by atoms with Gasteiger partial charge in [-0.1, -0.05) is 12.1 Å². The quantitative estimate of drug-likeness (QED) is 0.770. The highest BCUT2D eigenvalue weighted by Crippen LogP contribution is 2.41. The Morgan fingerprint density at radius 2 is 1.50 bits per heavy atom. The number of ether oxygens (including phenoxy) is 3. The highest BCUT2D eigenvalue weighted by Gasteiger charge is 2.18. The lowest BCUT2D eigenvalue weighted by molar-refractivity contribution is 0.324. The number of aromatic nitrogens is 2. The number of aromatic hydroxyl groups is 1. The Labute approximate surface area is 138 Å². The van der Waals surface area contributed by atoms with Crippen molar-refractivity contribution in [2.45, 2.75) is 0 Å². The number of methoxy groups -OCH3 is 3. The molecular formula is C17H16N2O5. The van der Waals surface area contributed by atoms with Crippen molar-refractivity contribution in [2.24, 2.45) is 0 Å². The van der Waals surface area contributed by atoms with E-state index in [9.17, 15) is 5.11 Å². The van der Waals surface area contributed by atoms with E-state index >= 15 is 0 Å². The van der Waals surface area contributed by atoms with Gasteiger partial charge in [0.1, 0.15) is 5.75 Å². The van der Waals surface area contributed by atoms with Crippen molar-refractivity contribution >= 4 is 0 Å². The molecule has 0 aliphatic carbocycles. The molecule has 3 aromatic rings. The highest BCUT2D eigenvalue weighted by atomic mass is 16.5. The van der Waals surface area contributed by atoms with Crippen molar-refractivity contribution in [3.05, 3.63) is 36.4 Å². The summed E-state index contributed by atoms with van der Waals surface area (Å²) in [7, 11) is 4.59. The molecule has 0 fully saturated rings. The summed E-state index contributed by atoms with van der Waals surface area (Å²) in [5.41, 5.74) is 1.07. The van der Waals surface area contributed by atoms with Gasteiger partial charge in [0.15, 0.2) is 11.5 Å². The van der Waals surface area contributed by atoms with E-state index in [1.165, 1.54) is 21.3 Å². The maximum absolute atomic E-state index is 9.89. The van der Waals surface area contributed by atoms with Crippen LogP contribution in [0.5, 0.6) is 23.0 Å². The van der Waals surface area contributed by atoms with E-state index in [0.29, 0.717) is 28.4 Å². The molecule has 1 heterocycles. The van der Waals surface area contributed by atoms with Gasteiger partial charge in [0.25, 0.3) is 5.89 Å². The minimum atomic E-state index is 0.0672. The first-order valence-electron chi connectivity index (χ1n) is 7.10. The fraction of sp³-hybridized carbons (Fsp3) is 0.176. The fourth-order valence-electron chi connectivity index (χ4n) is 2.31. The number of phenolic OH excluding ortho intramolecular Hbond substituents is 1. The molecule has 0 atom stereocenters. The summed E-state index contributed by atoms with van der Waals surface area (Å²) < 4.78 is 21.6. The third-order valence-corrected chi connectivity index (χ3v) is 3.47.